The molecule has 34 heavy (non-hydrogen) atoms. The molecule has 9 nitrogen and oxygen atoms in total. The Hall–Kier alpha value is -2.74. The second-order valence-electron chi connectivity index (χ2n) is 9.16. The molecule has 10 heteroatoms. The van der Waals surface area contributed by atoms with Crippen LogP contribution in [-0.2, 0) is 11.3 Å². The molecule has 2 fully saturated rings. The number of ether oxygens (including phenoxy) is 1. The van der Waals surface area contributed by atoms with Gasteiger partial charge in [0.05, 0.1) is 30.5 Å². The van der Waals surface area contributed by atoms with Crippen LogP contribution in [0.2, 0.25) is 0 Å². The Kier molecular flexibility index (Phi) is 7.23. The van der Waals surface area contributed by atoms with Gasteiger partial charge in [-0.3, -0.25) is 4.90 Å². The maximum absolute atomic E-state index is 8.95. The van der Waals surface area contributed by atoms with Crippen LogP contribution in [0.25, 0.3) is 11.0 Å². The highest BCUT2D eigenvalue weighted by Gasteiger charge is 2.27. The number of nitrogens with one attached hydrogen (secondary N) is 2. The summed E-state index contributed by atoms with van der Waals surface area (Å²) in [6.45, 7) is 6.58. The number of rotatable bonds is 8. The Labute approximate surface area is 204 Å². The fraction of sp³-hybridized carbons (Fsp3) is 0.583. The number of unbranched alkanes of at least 4 members (excludes halogenated alkanes) is 1. The first-order chi connectivity index (χ1) is 16.7. The normalized spacial score (nSPS) is 21.4. The molecule has 0 aromatic carbocycles. The van der Waals surface area contributed by atoms with Gasteiger partial charge in [-0.25, -0.2) is 4.98 Å². The highest BCUT2D eigenvalue weighted by Crippen LogP contribution is 2.30. The van der Waals surface area contributed by atoms with E-state index in [0.29, 0.717) is 24.5 Å². The number of hydrogen-bond acceptors (Lipinski definition) is 9. The van der Waals surface area contributed by atoms with Crippen LogP contribution in [0.4, 0.5) is 16.8 Å². The molecule has 2 N–H and O–H groups in total. The number of nitrogens with zero attached hydrogens (tertiary/aromatic N) is 6. The van der Waals surface area contributed by atoms with E-state index >= 15 is 0 Å². The minimum Gasteiger partial charge on any atom is -0.379 e. The monoisotopic (exact) mass is 480 g/mol. The van der Waals surface area contributed by atoms with Crippen LogP contribution in [-0.4, -0.2) is 62.2 Å². The molecule has 1 saturated heterocycles. The van der Waals surface area contributed by atoms with Crippen molar-refractivity contribution in [1.82, 2.24) is 23.8 Å². The summed E-state index contributed by atoms with van der Waals surface area (Å²) in [7, 11) is 0. The molecular formula is C24H32N8OS. The zero-order valence-corrected chi connectivity index (χ0v) is 20.5. The van der Waals surface area contributed by atoms with Crippen molar-refractivity contribution < 1.29 is 4.74 Å². The van der Waals surface area contributed by atoms with Gasteiger partial charge in [0.15, 0.2) is 5.82 Å². The fourth-order valence-corrected chi connectivity index (χ4v) is 5.69. The lowest BCUT2D eigenvalue weighted by Crippen LogP contribution is -2.46. The van der Waals surface area contributed by atoms with Gasteiger partial charge in [0.1, 0.15) is 10.5 Å². The lowest BCUT2D eigenvalue weighted by atomic mass is 9.90. The minimum atomic E-state index is 0.386. The Morgan fingerprint density at radius 3 is 2.76 bits per heavy atom. The molecule has 0 radical (unpaired) electrons. The van der Waals surface area contributed by atoms with E-state index in [0.717, 1.165) is 79.7 Å². The van der Waals surface area contributed by atoms with E-state index in [2.05, 4.69) is 36.7 Å². The Morgan fingerprint density at radius 1 is 1.21 bits per heavy atom. The van der Waals surface area contributed by atoms with Crippen molar-refractivity contribution in [3.63, 3.8) is 0 Å². The average molecular weight is 481 g/mol. The van der Waals surface area contributed by atoms with Gasteiger partial charge in [-0.05, 0) is 62.7 Å². The molecule has 4 heterocycles. The third kappa shape index (κ3) is 5.32. The van der Waals surface area contributed by atoms with Gasteiger partial charge >= 0.3 is 0 Å². The van der Waals surface area contributed by atoms with E-state index in [1.54, 1.807) is 0 Å². The van der Waals surface area contributed by atoms with Crippen molar-refractivity contribution in [1.29, 1.82) is 5.26 Å². The number of hydrogen-bond donors (Lipinski definition) is 2. The van der Waals surface area contributed by atoms with Gasteiger partial charge in [0.25, 0.3) is 0 Å². The molecule has 180 valence electrons. The lowest BCUT2D eigenvalue weighted by molar-refractivity contribution is 0.00791. The van der Waals surface area contributed by atoms with Crippen LogP contribution in [0.1, 0.15) is 44.2 Å². The molecule has 0 bridgehead atoms. The maximum Gasteiger partial charge on any atom is 0.230 e. The van der Waals surface area contributed by atoms with Crippen LogP contribution in [0, 0.1) is 18.3 Å². The van der Waals surface area contributed by atoms with Crippen molar-refractivity contribution >= 4 is 39.3 Å². The molecule has 0 unspecified atom stereocenters. The summed E-state index contributed by atoms with van der Waals surface area (Å²) in [5.74, 6) is 1.45. The van der Waals surface area contributed by atoms with Crippen LogP contribution in [0.15, 0.2) is 18.3 Å². The number of fused-ring (bicyclic) bond motifs is 1. The zero-order chi connectivity index (χ0) is 23.3. The van der Waals surface area contributed by atoms with Crippen LogP contribution in [0.5, 0.6) is 0 Å². The van der Waals surface area contributed by atoms with Crippen molar-refractivity contribution in [3.05, 3.63) is 24.0 Å². The molecule has 0 atom stereocenters. The predicted octanol–water partition coefficient (Wildman–Crippen LogP) is 4.30. The van der Waals surface area contributed by atoms with E-state index in [1.807, 2.05) is 19.1 Å². The van der Waals surface area contributed by atoms with Gasteiger partial charge in [-0.2, -0.15) is 14.6 Å². The van der Waals surface area contributed by atoms with Gasteiger partial charge in [0, 0.05) is 44.3 Å². The molecule has 3 aromatic heterocycles. The summed E-state index contributed by atoms with van der Waals surface area (Å²) in [5, 5.41) is 17.0. The summed E-state index contributed by atoms with van der Waals surface area (Å²) in [5.41, 5.74) is 2.90. The van der Waals surface area contributed by atoms with Crippen molar-refractivity contribution in [2.24, 2.45) is 0 Å². The third-order valence-electron chi connectivity index (χ3n) is 6.76. The number of aryl methyl sites for hydroxylation is 2. The summed E-state index contributed by atoms with van der Waals surface area (Å²) in [6, 6.07) is 7.33. The number of morpholine rings is 1. The van der Waals surface area contributed by atoms with E-state index < -0.39 is 0 Å². The molecule has 1 aliphatic carbocycles. The summed E-state index contributed by atoms with van der Waals surface area (Å²) >= 11 is 1.41. The average Bonchev–Trinajstić information content (AvgIpc) is 3.46. The molecule has 1 aliphatic heterocycles. The first-order valence-electron chi connectivity index (χ1n) is 12.2. The Morgan fingerprint density at radius 2 is 2.03 bits per heavy atom. The van der Waals surface area contributed by atoms with Gasteiger partial charge in [0.2, 0.25) is 5.95 Å². The molecule has 1 saturated carbocycles. The zero-order valence-electron chi connectivity index (χ0n) is 19.7. The summed E-state index contributed by atoms with van der Waals surface area (Å²) in [4.78, 5) is 12.3. The Balaban J connectivity index is 1.35. The smallest absolute Gasteiger partial charge is 0.230 e. The van der Waals surface area contributed by atoms with Crippen molar-refractivity contribution in [2.75, 3.05) is 36.9 Å². The molecule has 3 aromatic rings. The number of aromatic nitrogens is 4. The van der Waals surface area contributed by atoms with Gasteiger partial charge in [-0.1, -0.05) is 0 Å². The number of nitriles is 1. The second kappa shape index (κ2) is 10.7. The lowest BCUT2D eigenvalue weighted by Gasteiger charge is -2.39. The summed E-state index contributed by atoms with van der Waals surface area (Å²) in [6.07, 6.45) is 8.04. The Bertz CT molecular complexity index is 1140. The maximum atomic E-state index is 8.95. The van der Waals surface area contributed by atoms with Crippen molar-refractivity contribution in [2.45, 2.75) is 64.1 Å². The van der Waals surface area contributed by atoms with Crippen LogP contribution < -0.4 is 10.6 Å². The molecule has 0 amide bonds. The van der Waals surface area contributed by atoms with Gasteiger partial charge < -0.3 is 19.9 Å². The van der Waals surface area contributed by atoms with Crippen LogP contribution in [0.3, 0.4) is 0 Å². The molecule has 0 spiro atoms. The first kappa shape index (κ1) is 23.0. The molecular weight excluding hydrogens is 448 g/mol. The quantitative estimate of drug-likeness (QED) is 0.460. The highest BCUT2D eigenvalue weighted by molar-refractivity contribution is 7.10. The van der Waals surface area contributed by atoms with Crippen LogP contribution >= 0.6 is 11.5 Å². The SMILES string of the molecule is Cc1cc(Nc2nc(N[C@H]3CC[C@H](N4CCOCC4)CC3)c3c(ccn3CCCC#N)n2)sn1. The molecule has 2 aliphatic rings. The van der Waals surface area contributed by atoms with E-state index in [1.165, 1.54) is 24.4 Å². The largest absolute Gasteiger partial charge is 0.379 e. The van der Waals surface area contributed by atoms with E-state index in [-0.39, 0.29) is 0 Å². The first-order valence-corrected chi connectivity index (χ1v) is 13.0. The fourth-order valence-electron chi connectivity index (χ4n) is 5.03. The predicted molar refractivity (Wildman–Crippen MR) is 135 cm³/mol. The van der Waals surface area contributed by atoms with Crippen molar-refractivity contribution in [3.8, 4) is 6.07 Å². The van der Waals surface area contributed by atoms with E-state index in [4.69, 9.17) is 20.0 Å². The highest BCUT2D eigenvalue weighted by atomic mass is 32.1. The molecule has 5 rings (SSSR count). The number of anilines is 3. The topological polar surface area (TPSA) is 104 Å². The second-order valence-corrected chi connectivity index (χ2v) is 9.96. The summed E-state index contributed by atoms with van der Waals surface area (Å²) < 4.78 is 12.1. The van der Waals surface area contributed by atoms with E-state index in [9.17, 15) is 0 Å². The standard InChI is InChI=1S/C24H32N8OS/c1-17-16-21(34-30-17)28-24-27-20-8-11-32(10-3-2-9-25)22(20)23(29-24)26-18-4-6-19(7-5-18)31-12-14-33-15-13-31/h8,11,16,18-19H,2-7,10,12-15H2,1H3,(H2,26,27,28,29)/t18-,19-. The minimum absolute atomic E-state index is 0.386. The van der Waals surface area contributed by atoms with Gasteiger partial charge in [-0.15, -0.1) is 0 Å². The third-order valence-corrected chi connectivity index (χ3v) is 7.56.